The Balaban J connectivity index is 3.42. The van der Waals surface area contributed by atoms with Crippen molar-refractivity contribution in [2.24, 2.45) is 0 Å². The molecular formula is C16H23O2-. The van der Waals surface area contributed by atoms with E-state index in [9.17, 15) is 9.90 Å². The normalized spacial score (nSPS) is 12.5. The lowest BCUT2D eigenvalue weighted by Gasteiger charge is -1.95. The average molecular weight is 247 g/mol. The molecule has 0 atom stereocenters. The molecule has 0 saturated carbocycles. The standard InChI is InChI=1S/C16H24O2/c1-2-3-4-5-6-7-8-9-10-11-12-13-14-15-16(17)18/h3-4,6-7,9-10,12-13H,2,5,8,11,14-15H2,1H3,(H,17,18)/p-1/b4-3-,7-6-,10-9-,13-12-. The first-order valence-corrected chi connectivity index (χ1v) is 6.57. The second-order valence-corrected chi connectivity index (χ2v) is 3.91. The van der Waals surface area contributed by atoms with Gasteiger partial charge in [0.1, 0.15) is 0 Å². The first-order chi connectivity index (χ1) is 8.77. The van der Waals surface area contributed by atoms with Crippen LogP contribution in [0.1, 0.15) is 45.4 Å². The van der Waals surface area contributed by atoms with Gasteiger partial charge in [-0.3, -0.25) is 0 Å². The van der Waals surface area contributed by atoms with Crippen LogP contribution in [-0.2, 0) is 4.79 Å². The van der Waals surface area contributed by atoms with E-state index in [1.807, 2.05) is 12.2 Å². The molecule has 0 aromatic heterocycles. The van der Waals surface area contributed by atoms with Gasteiger partial charge in [0.05, 0.1) is 0 Å². The number of carbonyl (C=O) groups is 1. The lowest BCUT2D eigenvalue weighted by molar-refractivity contribution is -0.305. The third kappa shape index (κ3) is 14.4. The Kier molecular flexibility index (Phi) is 12.3. The molecular weight excluding hydrogens is 224 g/mol. The lowest BCUT2D eigenvalue weighted by atomic mass is 10.2. The summed E-state index contributed by atoms with van der Waals surface area (Å²) in [6.45, 7) is 2.13. The molecule has 0 N–H and O–H groups in total. The Morgan fingerprint density at radius 2 is 1.28 bits per heavy atom. The summed E-state index contributed by atoms with van der Waals surface area (Å²) in [5, 5.41) is 10.1. The number of rotatable bonds is 10. The summed E-state index contributed by atoms with van der Waals surface area (Å²) >= 11 is 0. The minimum atomic E-state index is -0.988. The molecule has 2 heteroatoms. The molecule has 0 bridgehead atoms. The highest BCUT2D eigenvalue weighted by Crippen LogP contribution is 1.96. The van der Waals surface area contributed by atoms with Gasteiger partial charge in [0.2, 0.25) is 0 Å². The van der Waals surface area contributed by atoms with Crippen molar-refractivity contribution in [3.8, 4) is 0 Å². The van der Waals surface area contributed by atoms with Gasteiger partial charge >= 0.3 is 0 Å². The van der Waals surface area contributed by atoms with Crippen molar-refractivity contribution in [2.75, 3.05) is 0 Å². The van der Waals surface area contributed by atoms with Crippen molar-refractivity contribution >= 4 is 5.97 Å². The van der Waals surface area contributed by atoms with Crippen LogP contribution < -0.4 is 5.11 Å². The van der Waals surface area contributed by atoms with Gasteiger partial charge in [0, 0.05) is 5.97 Å². The summed E-state index contributed by atoms with van der Waals surface area (Å²) in [4.78, 5) is 10.1. The quantitative estimate of drug-likeness (QED) is 0.556. The van der Waals surface area contributed by atoms with Gasteiger partial charge in [-0.1, -0.05) is 55.5 Å². The highest BCUT2D eigenvalue weighted by Gasteiger charge is 1.81. The minimum absolute atomic E-state index is 0.105. The third-order valence-corrected chi connectivity index (χ3v) is 2.23. The van der Waals surface area contributed by atoms with Crippen molar-refractivity contribution in [1.29, 1.82) is 0 Å². The average Bonchev–Trinajstić information content (AvgIpc) is 2.34. The highest BCUT2D eigenvalue weighted by molar-refractivity contribution is 5.64. The van der Waals surface area contributed by atoms with Crippen molar-refractivity contribution in [3.63, 3.8) is 0 Å². The Hall–Kier alpha value is -1.57. The number of carboxylic acids is 1. The summed E-state index contributed by atoms with van der Waals surface area (Å²) in [5.74, 6) is -0.988. The van der Waals surface area contributed by atoms with Gasteiger partial charge in [0.15, 0.2) is 0 Å². The van der Waals surface area contributed by atoms with Gasteiger partial charge in [-0.25, -0.2) is 0 Å². The molecule has 0 aliphatic carbocycles. The molecule has 0 heterocycles. The maximum atomic E-state index is 10.1. The molecule has 18 heavy (non-hydrogen) atoms. The van der Waals surface area contributed by atoms with Crippen molar-refractivity contribution < 1.29 is 9.90 Å². The van der Waals surface area contributed by atoms with Gasteiger partial charge in [-0.05, 0) is 38.5 Å². The van der Waals surface area contributed by atoms with Crippen LogP contribution in [0.3, 0.4) is 0 Å². The van der Waals surface area contributed by atoms with Crippen LogP contribution >= 0.6 is 0 Å². The molecule has 0 fully saturated rings. The Morgan fingerprint density at radius 1 is 0.833 bits per heavy atom. The van der Waals surface area contributed by atoms with Crippen LogP contribution in [0, 0.1) is 0 Å². The van der Waals surface area contributed by atoms with E-state index < -0.39 is 5.97 Å². The van der Waals surface area contributed by atoms with Crippen LogP contribution in [0.15, 0.2) is 48.6 Å². The number of hydrogen-bond acceptors (Lipinski definition) is 2. The zero-order valence-corrected chi connectivity index (χ0v) is 11.2. The molecule has 0 aromatic rings. The van der Waals surface area contributed by atoms with E-state index in [-0.39, 0.29) is 6.42 Å². The predicted octanol–water partition coefficient (Wildman–Crippen LogP) is 3.32. The SMILES string of the molecule is CC/C=C\C/C=C\C/C=C\C/C=C\CCC(=O)[O-]. The van der Waals surface area contributed by atoms with Gasteiger partial charge < -0.3 is 9.90 Å². The van der Waals surface area contributed by atoms with E-state index in [0.717, 1.165) is 25.7 Å². The van der Waals surface area contributed by atoms with Crippen LogP contribution in [0.2, 0.25) is 0 Å². The molecule has 0 aromatic carbocycles. The van der Waals surface area contributed by atoms with Crippen LogP contribution in [-0.4, -0.2) is 5.97 Å². The van der Waals surface area contributed by atoms with Crippen LogP contribution in [0.25, 0.3) is 0 Å². The number of carboxylic acid groups (broad SMARTS) is 1. The van der Waals surface area contributed by atoms with Gasteiger partial charge in [-0.2, -0.15) is 0 Å². The second kappa shape index (κ2) is 13.5. The molecule has 0 unspecified atom stereocenters. The molecule has 0 spiro atoms. The van der Waals surface area contributed by atoms with E-state index in [0.29, 0.717) is 6.42 Å². The van der Waals surface area contributed by atoms with Crippen molar-refractivity contribution in [2.45, 2.75) is 45.4 Å². The maximum absolute atomic E-state index is 10.1. The second-order valence-electron chi connectivity index (χ2n) is 3.91. The highest BCUT2D eigenvalue weighted by atomic mass is 16.4. The fourth-order valence-electron chi connectivity index (χ4n) is 1.30. The predicted molar refractivity (Wildman–Crippen MR) is 74.9 cm³/mol. The molecule has 0 rings (SSSR count). The zero-order chi connectivity index (χ0) is 13.5. The van der Waals surface area contributed by atoms with Gasteiger partial charge in [-0.15, -0.1) is 0 Å². The van der Waals surface area contributed by atoms with E-state index in [4.69, 9.17) is 0 Å². The Labute approximate surface area is 110 Å². The summed E-state index contributed by atoms with van der Waals surface area (Å²) in [6, 6.07) is 0. The van der Waals surface area contributed by atoms with Crippen LogP contribution in [0.4, 0.5) is 0 Å². The molecule has 100 valence electrons. The first kappa shape index (κ1) is 16.4. The minimum Gasteiger partial charge on any atom is -0.550 e. The molecule has 0 aliphatic rings. The summed E-state index contributed by atoms with van der Waals surface area (Å²) in [6.07, 6.45) is 21.3. The molecule has 2 nitrogen and oxygen atoms in total. The number of aliphatic carboxylic acids is 1. The first-order valence-electron chi connectivity index (χ1n) is 6.57. The summed E-state index contributed by atoms with van der Waals surface area (Å²) in [5.41, 5.74) is 0. The van der Waals surface area contributed by atoms with Crippen LogP contribution in [0.5, 0.6) is 0 Å². The topological polar surface area (TPSA) is 40.1 Å². The third-order valence-electron chi connectivity index (χ3n) is 2.23. The van der Waals surface area contributed by atoms with Crippen molar-refractivity contribution in [1.82, 2.24) is 0 Å². The molecule has 0 saturated heterocycles. The summed E-state index contributed by atoms with van der Waals surface area (Å²) < 4.78 is 0. The van der Waals surface area contributed by atoms with E-state index in [1.54, 1.807) is 0 Å². The zero-order valence-electron chi connectivity index (χ0n) is 11.2. The van der Waals surface area contributed by atoms with E-state index in [1.165, 1.54) is 0 Å². The molecule has 0 amide bonds. The summed E-state index contributed by atoms with van der Waals surface area (Å²) in [7, 11) is 0. The Bertz CT molecular complexity index is 309. The maximum Gasteiger partial charge on any atom is 0.0417 e. The monoisotopic (exact) mass is 247 g/mol. The number of allylic oxidation sites excluding steroid dienone is 8. The fourth-order valence-corrected chi connectivity index (χ4v) is 1.30. The van der Waals surface area contributed by atoms with E-state index in [2.05, 4.69) is 43.4 Å². The van der Waals surface area contributed by atoms with E-state index >= 15 is 0 Å². The van der Waals surface area contributed by atoms with Crippen molar-refractivity contribution in [3.05, 3.63) is 48.6 Å². The molecule has 0 radical (unpaired) electrons. The largest absolute Gasteiger partial charge is 0.550 e. The molecule has 0 aliphatic heterocycles. The fraction of sp³-hybridized carbons (Fsp3) is 0.438. The number of hydrogen-bond donors (Lipinski definition) is 0. The number of carbonyl (C=O) groups excluding carboxylic acids is 1. The van der Waals surface area contributed by atoms with Gasteiger partial charge in [0.25, 0.3) is 0 Å². The smallest absolute Gasteiger partial charge is 0.0417 e. The Morgan fingerprint density at radius 3 is 1.72 bits per heavy atom. The lowest BCUT2D eigenvalue weighted by Crippen LogP contribution is -2.21.